The third kappa shape index (κ3) is 3.14. The van der Waals surface area contributed by atoms with Crippen molar-refractivity contribution in [1.82, 2.24) is 5.32 Å². The molecule has 1 fully saturated rings. The molecule has 1 saturated heterocycles. The fraction of sp³-hybridized carbons (Fsp3) is 0.647. The predicted octanol–water partition coefficient (Wildman–Crippen LogP) is 4.04. The summed E-state index contributed by atoms with van der Waals surface area (Å²) in [6.07, 6.45) is 2.63. The molecule has 0 radical (unpaired) electrons. The quantitative estimate of drug-likeness (QED) is 0.847. The van der Waals surface area contributed by atoms with E-state index in [4.69, 9.17) is 0 Å². The zero-order valence-electron chi connectivity index (χ0n) is 12.3. The van der Waals surface area contributed by atoms with E-state index < -0.39 is 0 Å². The second-order valence-corrected chi connectivity index (χ2v) is 6.33. The van der Waals surface area contributed by atoms with Gasteiger partial charge in [-0.05, 0) is 74.2 Å². The van der Waals surface area contributed by atoms with Crippen molar-refractivity contribution in [3.05, 3.63) is 34.9 Å². The molecule has 18 heavy (non-hydrogen) atoms. The van der Waals surface area contributed by atoms with E-state index >= 15 is 0 Å². The number of nitrogens with one attached hydrogen (secondary N) is 1. The van der Waals surface area contributed by atoms with Gasteiger partial charge >= 0.3 is 0 Å². The van der Waals surface area contributed by atoms with Gasteiger partial charge in [0.15, 0.2) is 0 Å². The Morgan fingerprint density at radius 3 is 2.67 bits per heavy atom. The van der Waals surface area contributed by atoms with Crippen LogP contribution in [0.2, 0.25) is 0 Å². The minimum absolute atomic E-state index is 0.757. The van der Waals surface area contributed by atoms with Crippen molar-refractivity contribution < 1.29 is 0 Å². The molecule has 2 atom stereocenters. The van der Waals surface area contributed by atoms with Gasteiger partial charge in [-0.2, -0.15) is 0 Å². The third-order valence-corrected chi connectivity index (χ3v) is 4.34. The molecule has 1 heteroatoms. The van der Waals surface area contributed by atoms with E-state index in [1.165, 1.54) is 37.1 Å². The van der Waals surface area contributed by atoms with Crippen molar-refractivity contribution >= 4 is 0 Å². The Balaban J connectivity index is 2.19. The molecular formula is C17H27N. The van der Waals surface area contributed by atoms with Gasteiger partial charge in [0.25, 0.3) is 0 Å². The zero-order valence-corrected chi connectivity index (χ0v) is 12.3. The van der Waals surface area contributed by atoms with Gasteiger partial charge in [-0.1, -0.05) is 32.0 Å². The summed E-state index contributed by atoms with van der Waals surface area (Å²) < 4.78 is 0. The van der Waals surface area contributed by atoms with Crippen LogP contribution >= 0.6 is 0 Å². The second kappa shape index (κ2) is 5.88. The highest BCUT2D eigenvalue weighted by molar-refractivity contribution is 5.32. The fourth-order valence-electron chi connectivity index (χ4n) is 3.21. The van der Waals surface area contributed by atoms with Crippen molar-refractivity contribution in [2.24, 2.45) is 11.8 Å². The highest BCUT2D eigenvalue weighted by Gasteiger charge is 2.26. The number of piperidine rings is 1. The van der Waals surface area contributed by atoms with Crippen LogP contribution in [0.3, 0.4) is 0 Å². The van der Waals surface area contributed by atoms with Gasteiger partial charge in [0.1, 0.15) is 0 Å². The molecule has 0 amide bonds. The molecule has 1 aliphatic rings. The van der Waals surface area contributed by atoms with E-state index in [1.54, 1.807) is 5.56 Å². The van der Waals surface area contributed by atoms with Crippen molar-refractivity contribution in [3.63, 3.8) is 0 Å². The fourth-order valence-corrected chi connectivity index (χ4v) is 3.21. The predicted molar refractivity (Wildman–Crippen MR) is 79.1 cm³/mol. The zero-order chi connectivity index (χ0) is 13.1. The number of rotatable bonds is 3. The van der Waals surface area contributed by atoms with Gasteiger partial charge in [-0.3, -0.25) is 0 Å². The van der Waals surface area contributed by atoms with Gasteiger partial charge in [0.05, 0.1) is 0 Å². The Morgan fingerprint density at radius 1 is 1.22 bits per heavy atom. The summed E-state index contributed by atoms with van der Waals surface area (Å²) >= 11 is 0. The molecule has 0 spiro atoms. The molecule has 2 unspecified atom stereocenters. The van der Waals surface area contributed by atoms with Crippen molar-refractivity contribution in [2.75, 3.05) is 13.1 Å². The second-order valence-electron chi connectivity index (χ2n) is 6.33. The molecule has 1 aromatic carbocycles. The largest absolute Gasteiger partial charge is 0.316 e. The summed E-state index contributed by atoms with van der Waals surface area (Å²) in [6, 6.07) is 7.06. The lowest BCUT2D eigenvalue weighted by molar-refractivity contribution is 0.280. The SMILES string of the molecule is Cc1ccc(C2CCNCC2CC(C)C)cc1C. The van der Waals surface area contributed by atoms with Gasteiger partial charge in [0, 0.05) is 0 Å². The van der Waals surface area contributed by atoms with Crippen molar-refractivity contribution in [2.45, 2.75) is 46.5 Å². The maximum atomic E-state index is 3.57. The molecule has 0 saturated carbocycles. The van der Waals surface area contributed by atoms with E-state index in [0.717, 1.165) is 17.8 Å². The van der Waals surface area contributed by atoms with Crippen LogP contribution in [0.4, 0.5) is 0 Å². The van der Waals surface area contributed by atoms with E-state index in [0.29, 0.717) is 0 Å². The van der Waals surface area contributed by atoms with Crippen LogP contribution in [0.15, 0.2) is 18.2 Å². The van der Waals surface area contributed by atoms with E-state index in [9.17, 15) is 0 Å². The first-order chi connectivity index (χ1) is 8.58. The van der Waals surface area contributed by atoms with Gasteiger partial charge < -0.3 is 5.32 Å². The van der Waals surface area contributed by atoms with Gasteiger partial charge in [0.2, 0.25) is 0 Å². The topological polar surface area (TPSA) is 12.0 Å². The van der Waals surface area contributed by atoms with Crippen LogP contribution in [-0.2, 0) is 0 Å². The molecule has 0 bridgehead atoms. The molecule has 1 aliphatic heterocycles. The summed E-state index contributed by atoms with van der Waals surface area (Å²) in [4.78, 5) is 0. The number of aryl methyl sites for hydroxylation is 2. The molecular weight excluding hydrogens is 218 g/mol. The summed E-state index contributed by atoms with van der Waals surface area (Å²) in [6.45, 7) is 11.5. The van der Waals surface area contributed by atoms with E-state index in [2.05, 4.69) is 51.2 Å². The van der Waals surface area contributed by atoms with Crippen LogP contribution in [0, 0.1) is 25.7 Å². The highest BCUT2D eigenvalue weighted by atomic mass is 14.9. The Morgan fingerprint density at radius 2 is 2.00 bits per heavy atom. The first kappa shape index (κ1) is 13.6. The summed E-state index contributed by atoms with van der Waals surface area (Å²) in [7, 11) is 0. The van der Waals surface area contributed by atoms with Crippen molar-refractivity contribution in [1.29, 1.82) is 0 Å². The number of benzene rings is 1. The maximum Gasteiger partial charge on any atom is -0.00146 e. The summed E-state index contributed by atoms with van der Waals surface area (Å²) in [5, 5.41) is 3.57. The molecule has 100 valence electrons. The van der Waals surface area contributed by atoms with Gasteiger partial charge in [-0.15, -0.1) is 0 Å². The molecule has 1 aromatic rings. The Bertz CT molecular complexity index is 395. The molecule has 0 aliphatic carbocycles. The lowest BCUT2D eigenvalue weighted by Crippen LogP contribution is -2.36. The first-order valence-electron chi connectivity index (χ1n) is 7.35. The van der Waals surface area contributed by atoms with Crippen LogP contribution in [0.5, 0.6) is 0 Å². The smallest absolute Gasteiger partial charge is 0.00146 e. The third-order valence-electron chi connectivity index (χ3n) is 4.34. The Hall–Kier alpha value is -0.820. The summed E-state index contributed by atoms with van der Waals surface area (Å²) in [5.41, 5.74) is 4.41. The van der Waals surface area contributed by atoms with Crippen LogP contribution in [0.1, 0.15) is 49.3 Å². The van der Waals surface area contributed by atoms with Crippen molar-refractivity contribution in [3.8, 4) is 0 Å². The maximum absolute atomic E-state index is 3.57. The summed E-state index contributed by atoms with van der Waals surface area (Å²) in [5.74, 6) is 2.36. The minimum atomic E-state index is 0.757. The minimum Gasteiger partial charge on any atom is -0.316 e. The molecule has 1 nitrogen and oxygen atoms in total. The average Bonchev–Trinajstić information content (AvgIpc) is 2.33. The monoisotopic (exact) mass is 245 g/mol. The average molecular weight is 245 g/mol. The number of hydrogen-bond donors (Lipinski definition) is 1. The molecule has 1 heterocycles. The van der Waals surface area contributed by atoms with Crippen LogP contribution < -0.4 is 5.32 Å². The van der Waals surface area contributed by atoms with E-state index in [-0.39, 0.29) is 0 Å². The normalized spacial score (nSPS) is 24.5. The Labute approximate surface area is 112 Å². The lowest BCUT2D eigenvalue weighted by Gasteiger charge is -2.34. The van der Waals surface area contributed by atoms with Crippen LogP contribution in [0.25, 0.3) is 0 Å². The highest BCUT2D eigenvalue weighted by Crippen LogP contribution is 2.34. The standard InChI is InChI=1S/C17H27N/c1-12(2)9-16-11-18-8-7-17(16)15-6-5-13(3)14(4)10-15/h5-6,10,12,16-18H,7-9,11H2,1-4H3. The first-order valence-corrected chi connectivity index (χ1v) is 7.35. The molecule has 0 aromatic heterocycles. The van der Waals surface area contributed by atoms with Gasteiger partial charge in [-0.25, -0.2) is 0 Å². The van der Waals surface area contributed by atoms with E-state index in [1.807, 2.05) is 0 Å². The number of hydrogen-bond acceptors (Lipinski definition) is 1. The van der Waals surface area contributed by atoms with Crippen LogP contribution in [-0.4, -0.2) is 13.1 Å². The Kier molecular flexibility index (Phi) is 4.45. The molecule has 1 N–H and O–H groups in total. The molecule has 2 rings (SSSR count). The lowest BCUT2D eigenvalue weighted by atomic mass is 9.77.